The van der Waals surface area contributed by atoms with Crippen LogP contribution in [0.4, 0.5) is 4.39 Å². The Morgan fingerprint density at radius 1 is 1.11 bits per heavy atom. The Labute approximate surface area is 168 Å². The van der Waals surface area contributed by atoms with Crippen molar-refractivity contribution >= 4 is 28.8 Å². The SMILES string of the molecule is CCc1ccc(-c2ccc(Cl)c(F)c2Cl)cc1C1=C(O)[C@H]2CC[C@H](C2)C1O. The minimum atomic E-state index is -0.679. The van der Waals surface area contributed by atoms with E-state index in [0.717, 1.165) is 42.4 Å². The Morgan fingerprint density at radius 2 is 1.89 bits per heavy atom. The number of aryl methyl sites for hydroxylation is 1. The van der Waals surface area contributed by atoms with Gasteiger partial charge in [0, 0.05) is 17.1 Å². The molecule has 2 N–H and O–H groups in total. The summed E-state index contributed by atoms with van der Waals surface area (Å²) in [6.07, 6.45) is 2.76. The zero-order valence-electron chi connectivity index (χ0n) is 15.0. The molecule has 2 aromatic carbocycles. The van der Waals surface area contributed by atoms with Crippen LogP contribution in [0.15, 0.2) is 36.1 Å². The number of benzene rings is 2. The topological polar surface area (TPSA) is 40.5 Å². The lowest BCUT2D eigenvalue weighted by Gasteiger charge is -2.29. The molecule has 0 aromatic heterocycles. The molecule has 2 nitrogen and oxygen atoms in total. The summed E-state index contributed by atoms with van der Waals surface area (Å²) in [6, 6.07) is 8.91. The minimum Gasteiger partial charge on any atom is -0.512 e. The highest BCUT2D eigenvalue weighted by atomic mass is 35.5. The maximum absolute atomic E-state index is 14.2. The Balaban J connectivity index is 1.88. The molecular formula is C22H21Cl2FO2. The predicted molar refractivity (Wildman–Crippen MR) is 108 cm³/mol. The van der Waals surface area contributed by atoms with Crippen LogP contribution in [0.25, 0.3) is 16.7 Å². The van der Waals surface area contributed by atoms with Crippen LogP contribution >= 0.6 is 23.2 Å². The quantitative estimate of drug-likeness (QED) is 0.577. The molecule has 0 radical (unpaired) electrons. The first-order valence-electron chi connectivity index (χ1n) is 9.30. The number of allylic oxidation sites excluding steroid dienone is 1. The Hall–Kier alpha value is -1.55. The van der Waals surface area contributed by atoms with Crippen molar-refractivity contribution in [3.63, 3.8) is 0 Å². The third-order valence-electron chi connectivity index (χ3n) is 6.01. The van der Waals surface area contributed by atoms with E-state index in [1.807, 2.05) is 25.1 Å². The van der Waals surface area contributed by atoms with Crippen LogP contribution in [0.5, 0.6) is 0 Å². The molecule has 1 fully saturated rings. The number of halogens is 3. The van der Waals surface area contributed by atoms with Crippen molar-refractivity contribution in [2.45, 2.75) is 38.7 Å². The van der Waals surface area contributed by atoms with Gasteiger partial charge in [-0.25, -0.2) is 4.39 Å². The Kier molecular flexibility index (Phi) is 4.96. The maximum Gasteiger partial charge on any atom is 0.160 e. The lowest BCUT2D eigenvalue weighted by Crippen LogP contribution is -2.26. The van der Waals surface area contributed by atoms with Crippen molar-refractivity contribution in [1.29, 1.82) is 0 Å². The standard InChI is InChI=1S/C22H21Cl2FO2/c1-2-11-3-4-12(15-7-8-17(23)20(25)19(15)24)10-16(11)18-21(26)13-5-6-14(9-13)22(18)27/h3-4,7-8,10,13-14,21,26-27H,2,5-6,9H2,1H3/t13-,14+,21?/m1/s1. The van der Waals surface area contributed by atoms with Crippen LogP contribution in [0.3, 0.4) is 0 Å². The van der Waals surface area contributed by atoms with Gasteiger partial charge in [0.1, 0.15) is 5.76 Å². The highest BCUT2D eigenvalue weighted by Gasteiger charge is 2.41. The number of rotatable bonds is 3. The molecule has 0 amide bonds. The molecule has 2 aromatic rings. The second kappa shape index (κ2) is 7.12. The van der Waals surface area contributed by atoms with Crippen molar-refractivity contribution in [3.05, 3.63) is 63.1 Å². The summed E-state index contributed by atoms with van der Waals surface area (Å²) < 4.78 is 14.2. The van der Waals surface area contributed by atoms with Gasteiger partial charge in [-0.15, -0.1) is 0 Å². The van der Waals surface area contributed by atoms with E-state index in [-0.39, 0.29) is 21.9 Å². The van der Waals surface area contributed by atoms with E-state index in [1.54, 1.807) is 6.07 Å². The van der Waals surface area contributed by atoms with Crippen LogP contribution in [0, 0.1) is 17.7 Å². The highest BCUT2D eigenvalue weighted by Crippen LogP contribution is 2.48. The van der Waals surface area contributed by atoms with E-state index in [0.29, 0.717) is 16.9 Å². The molecule has 1 saturated carbocycles. The van der Waals surface area contributed by atoms with Gasteiger partial charge in [-0.3, -0.25) is 0 Å². The van der Waals surface area contributed by atoms with Gasteiger partial charge in [0.05, 0.1) is 16.1 Å². The first-order valence-corrected chi connectivity index (χ1v) is 10.1. The molecule has 0 aliphatic heterocycles. The molecular weight excluding hydrogens is 386 g/mol. The largest absolute Gasteiger partial charge is 0.512 e. The van der Waals surface area contributed by atoms with E-state index in [2.05, 4.69) is 0 Å². The lowest BCUT2D eigenvalue weighted by atomic mass is 9.80. The third-order valence-corrected chi connectivity index (χ3v) is 6.67. The smallest absolute Gasteiger partial charge is 0.160 e. The number of aliphatic hydroxyl groups excluding tert-OH is 2. The van der Waals surface area contributed by atoms with Crippen LogP contribution < -0.4 is 0 Å². The normalized spacial score (nSPS) is 24.6. The second-order valence-corrected chi connectivity index (χ2v) is 8.25. The molecule has 4 rings (SSSR count). The van der Waals surface area contributed by atoms with E-state index in [9.17, 15) is 14.6 Å². The molecule has 2 bridgehead atoms. The van der Waals surface area contributed by atoms with E-state index >= 15 is 0 Å². The van der Waals surface area contributed by atoms with Gasteiger partial charge < -0.3 is 10.2 Å². The van der Waals surface area contributed by atoms with Gasteiger partial charge in [-0.05, 0) is 60.4 Å². The number of hydrogen-bond acceptors (Lipinski definition) is 2. The number of aliphatic hydroxyl groups is 2. The van der Waals surface area contributed by atoms with Crippen molar-refractivity contribution < 1.29 is 14.6 Å². The van der Waals surface area contributed by atoms with Crippen LogP contribution in [0.1, 0.15) is 37.3 Å². The highest BCUT2D eigenvalue weighted by molar-refractivity contribution is 6.36. The molecule has 2 aliphatic rings. The van der Waals surface area contributed by atoms with E-state index < -0.39 is 11.9 Å². The summed E-state index contributed by atoms with van der Waals surface area (Å²) in [7, 11) is 0. The van der Waals surface area contributed by atoms with Crippen LogP contribution in [-0.4, -0.2) is 16.3 Å². The molecule has 142 valence electrons. The molecule has 2 aliphatic carbocycles. The second-order valence-electron chi connectivity index (χ2n) is 7.46. The molecule has 5 heteroatoms. The summed E-state index contributed by atoms with van der Waals surface area (Å²) >= 11 is 12.0. The van der Waals surface area contributed by atoms with Crippen molar-refractivity contribution in [2.75, 3.05) is 0 Å². The van der Waals surface area contributed by atoms with Crippen molar-refractivity contribution in [3.8, 4) is 11.1 Å². The lowest BCUT2D eigenvalue weighted by molar-refractivity contribution is 0.146. The fourth-order valence-electron chi connectivity index (χ4n) is 4.51. The average Bonchev–Trinajstić information content (AvgIpc) is 3.12. The molecule has 3 atom stereocenters. The Morgan fingerprint density at radius 3 is 2.63 bits per heavy atom. The van der Waals surface area contributed by atoms with E-state index in [1.165, 1.54) is 6.07 Å². The van der Waals surface area contributed by atoms with Crippen LogP contribution in [-0.2, 0) is 6.42 Å². The monoisotopic (exact) mass is 406 g/mol. The van der Waals surface area contributed by atoms with E-state index in [4.69, 9.17) is 23.2 Å². The fraction of sp³-hybridized carbons (Fsp3) is 0.364. The predicted octanol–water partition coefficient (Wildman–Crippen LogP) is 6.42. The molecule has 0 spiro atoms. The average molecular weight is 407 g/mol. The van der Waals surface area contributed by atoms with Crippen LogP contribution in [0.2, 0.25) is 10.0 Å². The van der Waals surface area contributed by atoms with Gasteiger partial charge in [-0.1, -0.05) is 48.3 Å². The molecule has 0 heterocycles. The summed E-state index contributed by atoms with van der Waals surface area (Å²) in [6.45, 7) is 2.04. The summed E-state index contributed by atoms with van der Waals surface area (Å²) in [4.78, 5) is 0. The van der Waals surface area contributed by atoms with Gasteiger partial charge in [0.25, 0.3) is 0 Å². The van der Waals surface area contributed by atoms with Crippen molar-refractivity contribution in [1.82, 2.24) is 0 Å². The summed E-state index contributed by atoms with van der Waals surface area (Å²) in [5.74, 6) is -0.0320. The molecule has 0 saturated heterocycles. The van der Waals surface area contributed by atoms with Gasteiger partial charge in [0.2, 0.25) is 0 Å². The van der Waals surface area contributed by atoms with Gasteiger partial charge in [0.15, 0.2) is 5.82 Å². The minimum absolute atomic E-state index is 0.0196. The zero-order valence-corrected chi connectivity index (χ0v) is 16.5. The third kappa shape index (κ3) is 3.06. The molecule has 1 unspecified atom stereocenters. The zero-order chi connectivity index (χ0) is 19.3. The number of hydrogen-bond donors (Lipinski definition) is 2. The van der Waals surface area contributed by atoms with Gasteiger partial charge >= 0.3 is 0 Å². The summed E-state index contributed by atoms with van der Waals surface area (Å²) in [5.41, 5.74) is 3.75. The van der Waals surface area contributed by atoms with Gasteiger partial charge in [-0.2, -0.15) is 0 Å². The first-order chi connectivity index (χ1) is 12.9. The number of fused-ring (bicyclic) bond motifs is 2. The van der Waals surface area contributed by atoms with Crippen molar-refractivity contribution in [2.24, 2.45) is 11.8 Å². The maximum atomic E-state index is 14.2. The summed E-state index contributed by atoms with van der Waals surface area (Å²) in [5, 5.41) is 21.6. The first kappa shape index (κ1) is 18.8. The Bertz CT molecular complexity index is 938. The molecule has 27 heavy (non-hydrogen) atoms. The fourth-order valence-corrected chi connectivity index (χ4v) is 4.99.